The molecule has 4 aromatic rings. The van der Waals surface area contributed by atoms with Gasteiger partial charge in [0.2, 0.25) is 11.8 Å². The van der Waals surface area contributed by atoms with Gasteiger partial charge in [0.1, 0.15) is 12.6 Å². The van der Waals surface area contributed by atoms with Crippen molar-refractivity contribution < 1.29 is 18.0 Å². The third kappa shape index (κ3) is 8.60. The second kappa shape index (κ2) is 14.1. The normalized spacial score (nSPS) is 12.3. The van der Waals surface area contributed by atoms with E-state index in [2.05, 4.69) is 5.32 Å². The maximum atomic E-state index is 14.6. The molecule has 8 heteroatoms. The summed E-state index contributed by atoms with van der Waals surface area (Å²) >= 11 is 0. The van der Waals surface area contributed by atoms with Gasteiger partial charge in [0.25, 0.3) is 10.0 Å². The Balaban J connectivity index is 1.84. The van der Waals surface area contributed by atoms with Crippen LogP contribution in [0, 0.1) is 20.8 Å². The minimum absolute atomic E-state index is 0.0767. The van der Waals surface area contributed by atoms with Crippen molar-refractivity contribution in [3.63, 3.8) is 0 Å². The lowest BCUT2D eigenvalue weighted by molar-refractivity contribution is -0.140. The second-order valence-corrected chi connectivity index (χ2v) is 14.3. The first-order chi connectivity index (χ1) is 21.3. The van der Waals surface area contributed by atoms with Crippen LogP contribution in [0.3, 0.4) is 0 Å². The van der Waals surface area contributed by atoms with Gasteiger partial charge >= 0.3 is 0 Å². The lowest BCUT2D eigenvalue weighted by atomic mass is 10.00. The predicted molar refractivity (Wildman–Crippen MR) is 180 cm³/mol. The minimum atomic E-state index is -4.14. The highest BCUT2D eigenvalue weighted by Gasteiger charge is 2.35. The Bertz CT molecular complexity index is 1730. The second-order valence-electron chi connectivity index (χ2n) is 12.5. The van der Waals surface area contributed by atoms with Crippen molar-refractivity contribution in [1.82, 2.24) is 10.2 Å². The molecular weight excluding hydrogens is 582 g/mol. The highest BCUT2D eigenvalue weighted by atomic mass is 32.2. The van der Waals surface area contributed by atoms with E-state index in [1.54, 1.807) is 30.3 Å². The largest absolute Gasteiger partial charge is 0.350 e. The summed E-state index contributed by atoms with van der Waals surface area (Å²) in [5, 5.41) is 3.07. The van der Waals surface area contributed by atoms with Crippen LogP contribution in [0.4, 0.5) is 5.69 Å². The number of nitrogens with zero attached hydrogens (tertiary/aromatic N) is 2. The summed E-state index contributed by atoms with van der Waals surface area (Å²) in [6.07, 6.45) is 0.259. The number of nitrogens with one attached hydrogen (secondary N) is 1. The van der Waals surface area contributed by atoms with Gasteiger partial charge in [-0.05, 0) is 93.6 Å². The molecule has 0 aliphatic rings. The van der Waals surface area contributed by atoms with E-state index in [1.807, 2.05) is 102 Å². The minimum Gasteiger partial charge on any atom is -0.350 e. The van der Waals surface area contributed by atoms with Crippen LogP contribution in [0.2, 0.25) is 0 Å². The van der Waals surface area contributed by atoms with E-state index in [0.29, 0.717) is 5.69 Å². The van der Waals surface area contributed by atoms with Crippen LogP contribution in [0.25, 0.3) is 0 Å². The van der Waals surface area contributed by atoms with Crippen LogP contribution < -0.4 is 9.62 Å². The molecule has 0 spiro atoms. The Kier molecular flexibility index (Phi) is 10.5. The van der Waals surface area contributed by atoms with Gasteiger partial charge in [0.05, 0.1) is 10.6 Å². The monoisotopic (exact) mass is 625 g/mol. The fraction of sp³-hybridized carbons (Fsp3) is 0.297. The summed E-state index contributed by atoms with van der Waals surface area (Å²) in [6, 6.07) is 29.8. The summed E-state index contributed by atoms with van der Waals surface area (Å²) in [6.45, 7) is 11.1. The van der Waals surface area contributed by atoms with Crippen LogP contribution >= 0.6 is 0 Å². The number of hydrogen-bond acceptors (Lipinski definition) is 4. The number of carbonyl (C=O) groups excluding carboxylic acids is 2. The zero-order valence-corrected chi connectivity index (χ0v) is 27.8. The Morgan fingerprint density at radius 2 is 1.36 bits per heavy atom. The van der Waals surface area contributed by atoms with Crippen LogP contribution in [-0.2, 0) is 32.6 Å². The number of benzene rings is 4. The molecular formula is C37H43N3O4S. The molecule has 0 fully saturated rings. The zero-order chi connectivity index (χ0) is 32.8. The molecule has 1 atom stereocenters. The van der Waals surface area contributed by atoms with Crippen molar-refractivity contribution in [3.8, 4) is 0 Å². The quantitative estimate of drug-likeness (QED) is 0.210. The van der Waals surface area contributed by atoms with E-state index in [1.165, 1.54) is 17.0 Å². The van der Waals surface area contributed by atoms with Gasteiger partial charge in [-0.1, -0.05) is 78.9 Å². The molecule has 0 heterocycles. The van der Waals surface area contributed by atoms with E-state index in [-0.39, 0.29) is 23.8 Å². The Morgan fingerprint density at radius 1 is 0.756 bits per heavy atom. The fourth-order valence-corrected chi connectivity index (χ4v) is 6.53. The molecule has 45 heavy (non-hydrogen) atoms. The Morgan fingerprint density at radius 3 is 1.96 bits per heavy atom. The molecule has 0 unspecified atom stereocenters. The molecule has 0 aliphatic carbocycles. The van der Waals surface area contributed by atoms with Crippen molar-refractivity contribution in [2.75, 3.05) is 10.8 Å². The van der Waals surface area contributed by atoms with Crippen molar-refractivity contribution in [3.05, 3.63) is 131 Å². The first kappa shape index (κ1) is 33.5. The number of sulfonamides is 1. The van der Waals surface area contributed by atoms with Gasteiger partial charge in [-0.2, -0.15) is 0 Å². The van der Waals surface area contributed by atoms with Crippen LogP contribution in [0.5, 0.6) is 0 Å². The Labute approximate surface area is 268 Å². The van der Waals surface area contributed by atoms with Crippen molar-refractivity contribution >= 4 is 27.5 Å². The fourth-order valence-electron chi connectivity index (χ4n) is 5.11. The Hall–Kier alpha value is -4.43. The molecule has 1 N–H and O–H groups in total. The van der Waals surface area contributed by atoms with E-state index >= 15 is 0 Å². The molecule has 0 aromatic heterocycles. The summed E-state index contributed by atoms with van der Waals surface area (Å²) in [4.78, 5) is 30.2. The smallest absolute Gasteiger partial charge is 0.264 e. The number of amides is 2. The highest BCUT2D eigenvalue weighted by Crippen LogP contribution is 2.27. The van der Waals surface area contributed by atoms with Crippen molar-refractivity contribution in [2.45, 2.75) is 71.0 Å². The number of carbonyl (C=O) groups is 2. The first-order valence-corrected chi connectivity index (χ1v) is 16.6. The molecule has 0 radical (unpaired) electrons. The first-order valence-electron chi connectivity index (χ1n) is 15.1. The van der Waals surface area contributed by atoms with Crippen molar-refractivity contribution in [2.24, 2.45) is 0 Å². The lowest BCUT2D eigenvalue weighted by Gasteiger charge is -2.35. The van der Waals surface area contributed by atoms with Gasteiger partial charge in [-0.3, -0.25) is 13.9 Å². The van der Waals surface area contributed by atoms with Gasteiger partial charge in [0.15, 0.2) is 0 Å². The molecule has 7 nitrogen and oxygen atoms in total. The molecule has 0 aliphatic heterocycles. The van der Waals surface area contributed by atoms with Gasteiger partial charge in [-0.15, -0.1) is 0 Å². The summed E-state index contributed by atoms with van der Waals surface area (Å²) in [5.74, 6) is -0.794. The van der Waals surface area contributed by atoms with E-state index in [4.69, 9.17) is 0 Å². The molecule has 0 bridgehead atoms. The third-order valence-corrected chi connectivity index (χ3v) is 9.55. The van der Waals surface area contributed by atoms with E-state index in [0.717, 1.165) is 32.1 Å². The standard InChI is InChI=1S/C37H43N3O4S/c1-27-21-22-32(23-29(27)3)40(45(43,44)33-19-11-8-12-20-33)26-35(41)39(25-31-18-14-13-15-28(31)2)34(36(42)38-37(4,5)6)24-30-16-9-7-10-17-30/h7-23,34H,24-26H2,1-6H3,(H,38,42)/t34-/m0/s1. The molecule has 0 saturated heterocycles. The summed E-state index contributed by atoms with van der Waals surface area (Å²) in [5.41, 5.74) is 4.46. The maximum Gasteiger partial charge on any atom is 0.264 e. The van der Waals surface area contributed by atoms with Gasteiger partial charge < -0.3 is 10.2 Å². The highest BCUT2D eigenvalue weighted by molar-refractivity contribution is 7.92. The number of anilines is 1. The topological polar surface area (TPSA) is 86.8 Å². The van der Waals surface area contributed by atoms with Gasteiger partial charge in [0, 0.05) is 18.5 Å². The molecule has 236 valence electrons. The van der Waals surface area contributed by atoms with Crippen molar-refractivity contribution in [1.29, 1.82) is 0 Å². The molecule has 0 saturated carbocycles. The van der Waals surface area contributed by atoms with Gasteiger partial charge in [-0.25, -0.2) is 8.42 Å². The average molecular weight is 626 g/mol. The zero-order valence-electron chi connectivity index (χ0n) is 26.9. The number of hydrogen-bond donors (Lipinski definition) is 1. The SMILES string of the molecule is Cc1ccc(N(CC(=O)N(Cc2ccccc2C)[C@@H](Cc2ccccc2)C(=O)NC(C)(C)C)S(=O)(=O)c2ccccc2)cc1C. The third-order valence-electron chi connectivity index (χ3n) is 7.76. The predicted octanol–water partition coefficient (Wildman–Crippen LogP) is 6.36. The summed E-state index contributed by atoms with van der Waals surface area (Å²) < 4.78 is 29.5. The van der Waals surface area contributed by atoms with Crippen LogP contribution in [0.15, 0.2) is 108 Å². The van der Waals surface area contributed by atoms with E-state index in [9.17, 15) is 18.0 Å². The molecule has 4 rings (SSSR count). The number of rotatable bonds is 11. The summed E-state index contributed by atoms with van der Waals surface area (Å²) in [7, 11) is -4.14. The molecule has 2 amide bonds. The van der Waals surface area contributed by atoms with Crippen LogP contribution in [0.1, 0.15) is 48.6 Å². The maximum absolute atomic E-state index is 14.6. The van der Waals surface area contributed by atoms with E-state index < -0.39 is 34.1 Å². The molecule has 4 aromatic carbocycles. The average Bonchev–Trinajstić information content (AvgIpc) is 3.00. The van der Waals surface area contributed by atoms with Crippen LogP contribution in [-0.4, -0.2) is 43.3 Å². The lowest BCUT2D eigenvalue weighted by Crippen LogP contribution is -2.56. The number of aryl methyl sites for hydroxylation is 3.